The van der Waals surface area contributed by atoms with Gasteiger partial charge in [0.2, 0.25) is 0 Å². The van der Waals surface area contributed by atoms with Crippen molar-refractivity contribution in [3.8, 4) is 0 Å². The number of hydrogen-bond acceptors (Lipinski definition) is 3. The average molecular weight is 236 g/mol. The van der Waals surface area contributed by atoms with Crippen LogP contribution in [0.5, 0.6) is 0 Å². The second-order valence-electron chi connectivity index (χ2n) is 4.80. The maximum Gasteiger partial charge on any atom is 0.263 e. The van der Waals surface area contributed by atoms with Gasteiger partial charge in [-0.3, -0.25) is 4.79 Å². The van der Waals surface area contributed by atoms with Gasteiger partial charge in [0.25, 0.3) is 5.91 Å². The highest BCUT2D eigenvalue weighted by atomic mass is 32.1. The number of aryl methyl sites for hydroxylation is 1. The molecule has 1 N–H and O–H groups in total. The van der Waals surface area contributed by atoms with E-state index in [1.54, 1.807) is 11.3 Å². The molecule has 0 radical (unpaired) electrons. The summed E-state index contributed by atoms with van der Waals surface area (Å²) in [5.74, 6) is 1.60. The van der Waals surface area contributed by atoms with Crippen molar-refractivity contribution < 1.29 is 4.79 Å². The zero-order valence-corrected chi connectivity index (χ0v) is 10.2. The fourth-order valence-corrected chi connectivity index (χ4v) is 3.56. The molecular weight excluding hydrogens is 220 g/mol. The Morgan fingerprint density at radius 3 is 2.62 bits per heavy atom. The van der Waals surface area contributed by atoms with E-state index < -0.39 is 0 Å². The van der Waals surface area contributed by atoms with E-state index in [2.05, 4.69) is 5.32 Å². The van der Waals surface area contributed by atoms with Crippen LogP contribution in [0.1, 0.15) is 14.5 Å². The van der Waals surface area contributed by atoms with Gasteiger partial charge >= 0.3 is 0 Å². The number of amides is 1. The third-order valence-corrected chi connectivity index (χ3v) is 4.62. The van der Waals surface area contributed by atoms with E-state index in [9.17, 15) is 4.79 Å². The highest BCUT2D eigenvalue weighted by Crippen LogP contribution is 2.28. The first-order valence-corrected chi connectivity index (χ1v) is 6.62. The van der Waals surface area contributed by atoms with Crippen LogP contribution in [0, 0.1) is 18.8 Å². The van der Waals surface area contributed by atoms with Crippen LogP contribution in [0.25, 0.3) is 0 Å². The first-order chi connectivity index (χ1) is 7.74. The molecule has 1 amide bonds. The van der Waals surface area contributed by atoms with Crippen molar-refractivity contribution >= 4 is 17.2 Å². The number of thiophene rings is 1. The number of rotatable bonds is 1. The Hall–Kier alpha value is -0.870. The van der Waals surface area contributed by atoms with E-state index >= 15 is 0 Å². The molecule has 3 nitrogen and oxygen atoms in total. The van der Waals surface area contributed by atoms with Gasteiger partial charge in [0.1, 0.15) is 0 Å². The van der Waals surface area contributed by atoms with E-state index in [0.29, 0.717) is 11.8 Å². The summed E-state index contributed by atoms with van der Waals surface area (Å²) in [5.41, 5.74) is 0. The second kappa shape index (κ2) is 3.86. The van der Waals surface area contributed by atoms with Crippen LogP contribution in [0.2, 0.25) is 0 Å². The summed E-state index contributed by atoms with van der Waals surface area (Å²) in [6.45, 7) is 6.08. The molecule has 0 aliphatic carbocycles. The topological polar surface area (TPSA) is 32.3 Å². The molecule has 0 saturated carbocycles. The molecule has 4 heteroatoms. The van der Waals surface area contributed by atoms with Crippen molar-refractivity contribution in [1.82, 2.24) is 10.2 Å². The van der Waals surface area contributed by atoms with Crippen LogP contribution in [0.15, 0.2) is 12.1 Å². The van der Waals surface area contributed by atoms with Crippen LogP contribution in [-0.4, -0.2) is 37.0 Å². The summed E-state index contributed by atoms with van der Waals surface area (Å²) in [4.78, 5) is 16.3. The number of likely N-dealkylation sites (tertiary alicyclic amines) is 1. The fourth-order valence-electron chi connectivity index (χ4n) is 2.73. The van der Waals surface area contributed by atoms with Crippen LogP contribution in [0.3, 0.4) is 0 Å². The van der Waals surface area contributed by atoms with Gasteiger partial charge in [0.15, 0.2) is 0 Å². The van der Waals surface area contributed by atoms with E-state index in [1.165, 1.54) is 4.88 Å². The molecule has 0 bridgehead atoms. The van der Waals surface area contributed by atoms with Crippen LogP contribution in [-0.2, 0) is 0 Å². The second-order valence-corrected chi connectivity index (χ2v) is 6.09. The number of fused-ring (bicyclic) bond motifs is 1. The predicted molar refractivity (Wildman–Crippen MR) is 64.8 cm³/mol. The Balaban J connectivity index is 1.73. The maximum atomic E-state index is 12.2. The quantitative estimate of drug-likeness (QED) is 0.798. The highest BCUT2D eigenvalue weighted by molar-refractivity contribution is 7.13. The summed E-state index contributed by atoms with van der Waals surface area (Å²) in [6, 6.07) is 3.98. The summed E-state index contributed by atoms with van der Waals surface area (Å²) >= 11 is 1.60. The molecule has 0 aromatic carbocycles. The minimum absolute atomic E-state index is 0.229. The van der Waals surface area contributed by atoms with Crippen molar-refractivity contribution in [3.63, 3.8) is 0 Å². The Bertz CT molecular complexity index is 403. The summed E-state index contributed by atoms with van der Waals surface area (Å²) in [5, 5.41) is 3.39. The average Bonchev–Trinajstić information content (AvgIpc) is 2.89. The van der Waals surface area contributed by atoms with Gasteiger partial charge < -0.3 is 10.2 Å². The highest BCUT2D eigenvalue weighted by Gasteiger charge is 2.38. The molecule has 3 rings (SSSR count). The Morgan fingerprint density at radius 1 is 1.38 bits per heavy atom. The van der Waals surface area contributed by atoms with Gasteiger partial charge in [-0.25, -0.2) is 0 Å². The summed E-state index contributed by atoms with van der Waals surface area (Å²) in [7, 11) is 0. The first-order valence-electron chi connectivity index (χ1n) is 5.80. The number of hydrogen-bond donors (Lipinski definition) is 1. The van der Waals surface area contributed by atoms with Gasteiger partial charge in [-0.05, 0) is 30.9 Å². The maximum absolute atomic E-state index is 12.2. The minimum Gasteiger partial charge on any atom is -0.337 e. The molecule has 86 valence electrons. The SMILES string of the molecule is Cc1ccc(C(=O)N2C[C@H]3CNC[C@H]3C2)s1. The lowest BCUT2D eigenvalue weighted by Crippen LogP contribution is -2.31. The standard InChI is InChI=1S/C12H16N2OS/c1-8-2-3-11(16-8)12(15)14-6-9-4-13-5-10(9)7-14/h2-3,9-10,13H,4-7H2,1H3/t9-,10+. The van der Waals surface area contributed by atoms with Crippen molar-refractivity contribution in [2.24, 2.45) is 11.8 Å². The number of nitrogens with one attached hydrogen (secondary N) is 1. The molecule has 0 unspecified atom stereocenters. The first kappa shape index (κ1) is 10.3. The molecule has 1 aromatic rings. The molecule has 1 aromatic heterocycles. The summed E-state index contributed by atoms with van der Waals surface area (Å²) in [6.07, 6.45) is 0. The molecular formula is C12H16N2OS. The normalized spacial score (nSPS) is 28.4. The third-order valence-electron chi connectivity index (χ3n) is 3.63. The fraction of sp³-hybridized carbons (Fsp3) is 0.583. The number of nitrogens with zero attached hydrogens (tertiary/aromatic N) is 1. The van der Waals surface area contributed by atoms with Gasteiger partial charge in [0.05, 0.1) is 4.88 Å². The Kier molecular flexibility index (Phi) is 2.48. The van der Waals surface area contributed by atoms with Gasteiger partial charge in [-0.1, -0.05) is 0 Å². The third kappa shape index (κ3) is 1.66. The van der Waals surface area contributed by atoms with Crippen molar-refractivity contribution in [2.75, 3.05) is 26.2 Å². The monoisotopic (exact) mass is 236 g/mol. The molecule has 2 aliphatic heterocycles. The predicted octanol–water partition coefficient (Wildman–Crippen LogP) is 1.35. The van der Waals surface area contributed by atoms with Crippen molar-refractivity contribution in [1.29, 1.82) is 0 Å². The van der Waals surface area contributed by atoms with Gasteiger partial charge in [-0.15, -0.1) is 11.3 Å². The molecule has 0 spiro atoms. The van der Waals surface area contributed by atoms with Crippen LogP contribution >= 0.6 is 11.3 Å². The molecule has 3 heterocycles. The number of carbonyl (C=O) groups excluding carboxylic acids is 1. The molecule has 2 aliphatic rings. The minimum atomic E-state index is 0.229. The van der Waals surface area contributed by atoms with Crippen molar-refractivity contribution in [3.05, 3.63) is 21.9 Å². The zero-order valence-electron chi connectivity index (χ0n) is 9.40. The molecule has 2 fully saturated rings. The van der Waals surface area contributed by atoms with Crippen LogP contribution in [0.4, 0.5) is 0 Å². The zero-order chi connectivity index (χ0) is 11.1. The summed E-state index contributed by atoms with van der Waals surface area (Å²) < 4.78 is 0. The van der Waals surface area contributed by atoms with Crippen molar-refractivity contribution in [2.45, 2.75) is 6.92 Å². The lowest BCUT2D eigenvalue weighted by atomic mass is 10.0. The van der Waals surface area contributed by atoms with E-state index in [4.69, 9.17) is 0 Å². The molecule has 16 heavy (non-hydrogen) atoms. The van der Waals surface area contributed by atoms with E-state index in [0.717, 1.165) is 31.1 Å². The molecule has 2 saturated heterocycles. The lowest BCUT2D eigenvalue weighted by molar-refractivity contribution is 0.0786. The smallest absolute Gasteiger partial charge is 0.263 e. The lowest BCUT2D eigenvalue weighted by Gasteiger charge is -2.16. The molecule has 2 atom stereocenters. The number of carbonyl (C=O) groups is 1. The van der Waals surface area contributed by atoms with Gasteiger partial charge in [-0.2, -0.15) is 0 Å². The van der Waals surface area contributed by atoms with E-state index in [-0.39, 0.29) is 5.91 Å². The van der Waals surface area contributed by atoms with Crippen LogP contribution < -0.4 is 5.32 Å². The largest absolute Gasteiger partial charge is 0.337 e. The Morgan fingerprint density at radius 2 is 2.06 bits per heavy atom. The van der Waals surface area contributed by atoms with Gasteiger partial charge in [0, 0.05) is 31.1 Å². The van der Waals surface area contributed by atoms with E-state index in [1.807, 2.05) is 24.0 Å². The Labute approximate surface area is 99.5 Å².